The first kappa shape index (κ1) is 21.8. The molecule has 0 spiro atoms. The highest BCUT2D eigenvalue weighted by atomic mass is 35.5. The van der Waals surface area contributed by atoms with Gasteiger partial charge in [0.2, 0.25) is 10.0 Å². The monoisotopic (exact) mass is 435 g/mol. The van der Waals surface area contributed by atoms with Crippen molar-refractivity contribution < 1.29 is 13.2 Å². The lowest BCUT2D eigenvalue weighted by Gasteiger charge is -2.26. The highest BCUT2D eigenvalue weighted by molar-refractivity contribution is 7.89. The lowest BCUT2D eigenvalue weighted by atomic mass is 10.1. The highest BCUT2D eigenvalue weighted by Crippen LogP contribution is 2.21. The van der Waals surface area contributed by atoms with Crippen molar-refractivity contribution in [3.63, 3.8) is 0 Å². The topological polar surface area (TPSA) is 78.5 Å². The Balaban J connectivity index is 0.00000240. The SMILES string of the molecule is Cl.O=C(NCc1ccc2c(c1)CNC2)c1cccc(S(=O)(=O)N2CCCCC2)c1. The van der Waals surface area contributed by atoms with E-state index in [0.717, 1.165) is 37.9 Å². The average molecular weight is 436 g/mol. The van der Waals surface area contributed by atoms with Crippen molar-refractivity contribution in [1.29, 1.82) is 0 Å². The minimum absolute atomic E-state index is 0. The zero-order valence-electron chi connectivity index (χ0n) is 16.2. The van der Waals surface area contributed by atoms with Crippen LogP contribution >= 0.6 is 12.4 Å². The summed E-state index contributed by atoms with van der Waals surface area (Å²) < 4.78 is 27.2. The van der Waals surface area contributed by atoms with E-state index in [2.05, 4.69) is 22.8 Å². The van der Waals surface area contributed by atoms with Crippen LogP contribution in [0.2, 0.25) is 0 Å². The Morgan fingerprint density at radius 2 is 1.76 bits per heavy atom. The maximum atomic E-state index is 12.8. The van der Waals surface area contributed by atoms with Gasteiger partial charge in [-0.3, -0.25) is 4.79 Å². The van der Waals surface area contributed by atoms with Crippen LogP contribution in [-0.4, -0.2) is 31.7 Å². The fraction of sp³-hybridized carbons (Fsp3) is 0.381. The van der Waals surface area contributed by atoms with E-state index in [4.69, 9.17) is 0 Å². The van der Waals surface area contributed by atoms with Gasteiger partial charge in [0.1, 0.15) is 0 Å². The van der Waals surface area contributed by atoms with Crippen LogP contribution in [0.1, 0.15) is 46.3 Å². The van der Waals surface area contributed by atoms with Gasteiger partial charge in [0.15, 0.2) is 0 Å². The number of hydrogen-bond acceptors (Lipinski definition) is 4. The van der Waals surface area contributed by atoms with E-state index in [0.29, 0.717) is 25.2 Å². The molecular formula is C21H26ClN3O3S. The molecule has 2 aliphatic rings. The number of nitrogens with zero attached hydrogens (tertiary/aromatic N) is 1. The summed E-state index contributed by atoms with van der Waals surface area (Å²) in [5.41, 5.74) is 3.96. The molecule has 29 heavy (non-hydrogen) atoms. The highest BCUT2D eigenvalue weighted by Gasteiger charge is 2.26. The molecule has 1 saturated heterocycles. The lowest BCUT2D eigenvalue weighted by molar-refractivity contribution is 0.0950. The number of hydrogen-bond donors (Lipinski definition) is 2. The van der Waals surface area contributed by atoms with Crippen LogP contribution in [0.25, 0.3) is 0 Å². The Labute approximate surface area is 178 Å². The number of amides is 1. The number of benzene rings is 2. The van der Waals surface area contributed by atoms with E-state index in [9.17, 15) is 13.2 Å². The summed E-state index contributed by atoms with van der Waals surface area (Å²) in [6, 6.07) is 12.5. The molecule has 6 nitrogen and oxygen atoms in total. The smallest absolute Gasteiger partial charge is 0.251 e. The minimum Gasteiger partial charge on any atom is -0.348 e. The van der Waals surface area contributed by atoms with E-state index in [1.165, 1.54) is 21.5 Å². The first-order valence-electron chi connectivity index (χ1n) is 9.74. The largest absolute Gasteiger partial charge is 0.348 e. The summed E-state index contributed by atoms with van der Waals surface area (Å²) in [5, 5.41) is 6.20. The third-order valence-electron chi connectivity index (χ3n) is 5.40. The zero-order chi connectivity index (χ0) is 19.6. The second-order valence-corrected chi connectivity index (χ2v) is 9.32. The number of carbonyl (C=O) groups is 1. The van der Waals surface area contributed by atoms with Crippen molar-refractivity contribution in [2.75, 3.05) is 13.1 Å². The number of rotatable bonds is 5. The number of sulfonamides is 1. The number of halogens is 1. The number of piperidine rings is 1. The molecule has 2 heterocycles. The van der Waals surface area contributed by atoms with Crippen molar-refractivity contribution in [3.05, 3.63) is 64.7 Å². The van der Waals surface area contributed by atoms with Crippen LogP contribution in [0, 0.1) is 0 Å². The molecule has 8 heteroatoms. The third-order valence-corrected chi connectivity index (χ3v) is 7.30. The standard InChI is InChI=1S/C21H25N3O3S.ClH/c25-21(23-13-16-7-8-18-14-22-15-19(18)11-16)17-5-4-6-20(12-17)28(26,27)24-9-2-1-3-10-24;/h4-8,11-12,22H,1-3,9-10,13-15H2,(H,23,25);1H. The Morgan fingerprint density at radius 3 is 2.55 bits per heavy atom. The summed E-state index contributed by atoms with van der Waals surface area (Å²) in [4.78, 5) is 12.8. The molecule has 156 valence electrons. The van der Waals surface area contributed by atoms with Gasteiger partial charge >= 0.3 is 0 Å². The Hall–Kier alpha value is -1.93. The Kier molecular flexibility index (Phi) is 6.95. The molecule has 2 aromatic rings. The summed E-state index contributed by atoms with van der Waals surface area (Å²) in [5.74, 6) is -0.269. The predicted molar refractivity (Wildman–Crippen MR) is 114 cm³/mol. The molecule has 0 atom stereocenters. The van der Waals surface area contributed by atoms with Gasteiger partial charge in [0, 0.05) is 38.3 Å². The van der Waals surface area contributed by atoms with E-state index >= 15 is 0 Å². The van der Waals surface area contributed by atoms with Crippen molar-refractivity contribution >= 4 is 28.3 Å². The maximum Gasteiger partial charge on any atom is 0.251 e. The molecule has 4 rings (SSSR count). The van der Waals surface area contributed by atoms with Gasteiger partial charge < -0.3 is 10.6 Å². The normalized spacial score (nSPS) is 16.7. The molecule has 0 saturated carbocycles. The second kappa shape index (κ2) is 9.26. The van der Waals surface area contributed by atoms with Gasteiger partial charge in [-0.1, -0.05) is 30.7 Å². The molecule has 1 fully saturated rings. The van der Waals surface area contributed by atoms with Crippen molar-refractivity contribution in [3.8, 4) is 0 Å². The van der Waals surface area contributed by atoms with E-state index in [1.54, 1.807) is 18.2 Å². The third kappa shape index (κ3) is 4.80. The summed E-state index contributed by atoms with van der Waals surface area (Å²) in [7, 11) is -3.55. The first-order chi connectivity index (χ1) is 13.5. The van der Waals surface area contributed by atoms with Crippen LogP contribution < -0.4 is 10.6 Å². The van der Waals surface area contributed by atoms with E-state index < -0.39 is 10.0 Å². The lowest BCUT2D eigenvalue weighted by Crippen LogP contribution is -2.35. The zero-order valence-corrected chi connectivity index (χ0v) is 17.8. The van der Waals surface area contributed by atoms with Gasteiger partial charge in [-0.2, -0.15) is 4.31 Å². The molecule has 0 aliphatic carbocycles. The van der Waals surface area contributed by atoms with Gasteiger partial charge in [0.05, 0.1) is 4.90 Å². The summed E-state index contributed by atoms with van der Waals surface area (Å²) in [6.45, 7) is 3.25. The Morgan fingerprint density at radius 1 is 1.00 bits per heavy atom. The number of carbonyl (C=O) groups excluding carboxylic acids is 1. The maximum absolute atomic E-state index is 12.8. The van der Waals surface area contributed by atoms with Gasteiger partial charge in [-0.05, 0) is 47.7 Å². The molecule has 2 N–H and O–H groups in total. The van der Waals surface area contributed by atoms with Crippen LogP contribution in [0.4, 0.5) is 0 Å². The molecule has 1 amide bonds. The average Bonchev–Trinajstić information content (AvgIpc) is 3.20. The fourth-order valence-corrected chi connectivity index (χ4v) is 5.36. The molecule has 2 aliphatic heterocycles. The fourth-order valence-electron chi connectivity index (χ4n) is 3.79. The van der Waals surface area contributed by atoms with Gasteiger partial charge in [0.25, 0.3) is 5.91 Å². The van der Waals surface area contributed by atoms with E-state index in [1.807, 2.05) is 6.07 Å². The van der Waals surface area contributed by atoms with Gasteiger partial charge in [-0.25, -0.2) is 8.42 Å². The van der Waals surface area contributed by atoms with Gasteiger partial charge in [-0.15, -0.1) is 12.4 Å². The molecule has 0 bridgehead atoms. The van der Waals surface area contributed by atoms with Crippen LogP contribution in [0.15, 0.2) is 47.4 Å². The number of fused-ring (bicyclic) bond motifs is 1. The summed E-state index contributed by atoms with van der Waals surface area (Å²) >= 11 is 0. The molecular weight excluding hydrogens is 410 g/mol. The van der Waals surface area contributed by atoms with E-state index in [-0.39, 0.29) is 23.2 Å². The molecule has 0 aromatic heterocycles. The quantitative estimate of drug-likeness (QED) is 0.756. The van der Waals surface area contributed by atoms with Crippen LogP contribution in [0.3, 0.4) is 0 Å². The number of nitrogens with one attached hydrogen (secondary N) is 2. The molecule has 0 radical (unpaired) electrons. The minimum atomic E-state index is -3.55. The Bertz CT molecular complexity index is 988. The predicted octanol–water partition coefficient (Wildman–Crippen LogP) is 2.82. The van der Waals surface area contributed by atoms with Crippen molar-refractivity contribution in [2.24, 2.45) is 0 Å². The van der Waals surface area contributed by atoms with Crippen LogP contribution in [0.5, 0.6) is 0 Å². The molecule has 2 aromatic carbocycles. The molecule has 0 unspecified atom stereocenters. The van der Waals surface area contributed by atoms with Crippen LogP contribution in [-0.2, 0) is 29.7 Å². The second-order valence-electron chi connectivity index (χ2n) is 7.38. The first-order valence-corrected chi connectivity index (χ1v) is 11.2. The van der Waals surface area contributed by atoms with Crippen molar-refractivity contribution in [2.45, 2.75) is 43.8 Å². The van der Waals surface area contributed by atoms with Crippen molar-refractivity contribution in [1.82, 2.24) is 14.9 Å². The summed E-state index contributed by atoms with van der Waals surface area (Å²) in [6.07, 6.45) is 2.83.